The molecule has 15 heavy (non-hydrogen) atoms. The van der Waals surface area contributed by atoms with Crippen LogP contribution < -0.4 is 11.1 Å². The fraction of sp³-hybridized carbons (Fsp3) is 0.300. The van der Waals surface area contributed by atoms with E-state index in [0.29, 0.717) is 16.7 Å². The molecule has 0 aliphatic heterocycles. The van der Waals surface area contributed by atoms with E-state index in [9.17, 15) is 0 Å². The Morgan fingerprint density at radius 2 is 2.40 bits per heavy atom. The standard InChI is InChI=1S/C10H14ClN3S/c1-2-6-15-7-5-13-10-8(12)3-4-9(11)14-10/h2-4H,1,5-7,12H2,(H,13,14). The van der Waals surface area contributed by atoms with E-state index in [4.69, 9.17) is 17.3 Å². The molecule has 0 saturated carbocycles. The van der Waals surface area contributed by atoms with Crippen molar-refractivity contribution in [1.82, 2.24) is 4.98 Å². The third kappa shape index (κ3) is 4.44. The number of nitrogens with two attached hydrogens (primary N) is 1. The number of rotatable bonds is 6. The van der Waals surface area contributed by atoms with Crippen molar-refractivity contribution >= 4 is 34.9 Å². The van der Waals surface area contributed by atoms with Crippen LogP contribution in [-0.2, 0) is 0 Å². The number of hydrogen-bond donors (Lipinski definition) is 2. The van der Waals surface area contributed by atoms with Crippen molar-refractivity contribution in [3.05, 3.63) is 29.9 Å². The first-order valence-electron chi connectivity index (χ1n) is 4.58. The predicted molar refractivity (Wildman–Crippen MR) is 69.7 cm³/mol. The number of aromatic nitrogens is 1. The highest BCUT2D eigenvalue weighted by molar-refractivity contribution is 7.99. The van der Waals surface area contributed by atoms with Gasteiger partial charge in [0.15, 0.2) is 5.82 Å². The second-order valence-corrected chi connectivity index (χ2v) is 4.40. The molecule has 1 rings (SSSR count). The van der Waals surface area contributed by atoms with Crippen molar-refractivity contribution in [2.75, 3.05) is 29.1 Å². The zero-order chi connectivity index (χ0) is 11.1. The SMILES string of the molecule is C=CCSCCNc1nc(Cl)ccc1N. The average molecular weight is 244 g/mol. The van der Waals surface area contributed by atoms with Crippen LogP contribution in [0.1, 0.15) is 0 Å². The van der Waals surface area contributed by atoms with Crippen LogP contribution in [0.4, 0.5) is 11.5 Å². The first kappa shape index (κ1) is 12.2. The Labute approximate surface area is 99.1 Å². The minimum atomic E-state index is 0.449. The smallest absolute Gasteiger partial charge is 0.151 e. The maximum Gasteiger partial charge on any atom is 0.151 e. The highest BCUT2D eigenvalue weighted by Crippen LogP contribution is 2.18. The molecular formula is C10H14ClN3S. The maximum atomic E-state index is 5.75. The van der Waals surface area contributed by atoms with Gasteiger partial charge in [-0.3, -0.25) is 0 Å². The van der Waals surface area contributed by atoms with Gasteiger partial charge in [-0.25, -0.2) is 4.98 Å². The fourth-order valence-corrected chi connectivity index (χ4v) is 1.72. The van der Waals surface area contributed by atoms with Gasteiger partial charge in [-0.05, 0) is 12.1 Å². The molecule has 0 aromatic carbocycles. The molecule has 3 N–H and O–H groups in total. The van der Waals surface area contributed by atoms with Gasteiger partial charge in [-0.15, -0.1) is 6.58 Å². The van der Waals surface area contributed by atoms with Gasteiger partial charge >= 0.3 is 0 Å². The fourth-order valence-electron chi connectivity index (χ4n) is 0.996. The second-order valence-electron chi connectivity index (χ2n) is 2.86. The number of anilines is 2. The Hall–Kier alpha value is -0.870. The van der Waals surface area contributed by atoms with Crippen molar-refractivity contribution in [2.24, 2.45) is 0 Å². The molecule has 0 aliphatic rings. The number of halogens is 1. The lowest BCUT2D eigenvalue weighted by Crippen LogP contribution is -2.08. The van der Waals surface area contributed by atoms with Crippen LogP contribution in [-0.4, -0.2) is 23.0 Å². The minimum Gasteiger partial charge on any atom is -0.396 e. The molecule has 1 aromatic rings. The molecule has 1 aromatic heterocycles. The van der Waals surface area contributed by atoms with Gasteiger partial charge in [0.25, 0.3) is 0 Å². The van der Waals surface area contributed by atoms with Gasteiger partial charge in [-0.2, -0.15) is 11.8 Å². The Kier molecular flexibility index (Phi) is 5.36. The molecular weight excluding hydrogens is 230 g/mol. The summed E-state index contributed by atoms with van der Waals surface area (Å²) >= 11 is 7.55. The topological polar surface area (TPSA) is 50.9 Å². The van der Waals surface area contributed by atoms with E-state index in [0.717, 1.165) is 18.1 Å². The molecule has 0 saturated heterocycles. The van der Waals surface area contributed by atoms with Gasteiger partial charge in [0.1, 0.15) is 5.15 Å². The summed E-state index contributed by atoms with van der Waals surface area (Å²) in [6.07, 6.45) is 1.89. The van der Waals surface area contributed by atoms with E-state index in [1.807, 2.05) is 6.08 Å². The summed E-state index contributed by atoms with van der Waals surface area (Å²) in [5.74, 6) is 2.60. The van der Waals surface area contributed by atoms with Crippen LogP contribution in [0.2, 0.25) is 5.15 Å². The molecule has 82 valence electrons. The zero-order valence-electron chi connectivity index (χ0n) is 8.37. The molecule has 0 atom stereocenters. The quantitative estimate of drug-likeness (QED) is 0.458. The molecule has 0 aliphatic carbocycles. The van der Waals surface area contributed by atoms with E-state index in [1.54, 1.807) is 23.9 Å². The Balaban J connectivity index is 2.36. The molecule has 0 fully saturated rings. The minimum absolute atomic E-state index is 0.449. The van der Waals surface area contributed by atoms with Crippen molar-refractivity contribution in [1.29, 1.82) is 0 Å². The third-order valence-electron chi connectivity index (χ3n) is 1.67. The Morgan fingerprint density at radius 3 is 3.13 bits per heavy atom. The van der Waals surface area contributed by atoms with Crippen molar-refractivity contribution < 1.29 is 0 Å². The van der Waals surface area contributed by atoms with Crippen molar-refractivity contribution in [3.63, 3.8) is 0 Å². The van der Waals surface area contributed by atoms with E-state index in [1.165, 1.54) is 0 Å². The summed E-state index contributed by atoms with van der Waals surface area (Å²) in [6.45, 7) is 4.47. The molecule has 0 spiro atoms. The summed E-state index contributed by atoms with van der Waals surface area (Å²) in [5.41, 5.74) is 6.34. The first-order valence-corrected chi connectivity index (χ1v) is 6.12. The van der Waals surface area contributed by atoms with Crippen LogP contribution >= 0.6 is 23.4 Å². The van der Waals surface area contributed by atoms with Crippen LogP contribution in [0.15, 0.2) is 24.8 Å². The van der Waals surface area contributed by atoms with Gasteiger partial charge < -0.3 is 11.1 Å². The van der Waals surface area contributed by atoms with Crippen LogP contribution in [0.25, 0.3) is 0 Å². The van der Waals surface area contributed by atoms with Crippen molar-refractivity contribution in [2.45, 2.75) is 0 Å². The average Bonchev–Trinajstić information content (AvgIpc) is 2.23. The van der Waals surface area contributed by atoms with Gasteiger partial charge in [0, 0.05) is 18.1 Å². The summed E-state index contributed by atoms with van der Waals surface area (Å²) < 4.78 is 0. The maximum absolute atomic E-state index is 5.75. The Bertz CT molecular complexity index is 330. The number of nitrogen functional groups attached to an aromatic ring is 1. The van der Waals surface area contributed by atoms with Crippen LogP contribution in [0.3, 0.4) is 0 Å². The number of hydrogen-bond acceptors (Lipinski definition) is 4. The number of nitrogens with zero attached hydrogens (tertiary/aromatic N) is 1. The van der Waals surface area contributed by atoms with E-state index in [2.05, 4.69) is 16.9 Å². The number of pyridine rings is 1. The van der Waals surface area contributed by atoms with Gasteiger partial charge in [-0.1, -0.05) is 17.7 Å². The van der Waals surface area contributed by atoms with Gasteiger partial charge in [0.2, 0.25) is 0 Å². The largest absolute Gasteiger partial charge is 0.396 e. The summed E-state index contributed by atoms with van der Waals surface area (Å²) in [5, 5.41) is 3.59. The molecule has 3 nitrogen and oxygen atoms in total. The van der Waals surface area contributed by atoms with Crippen LogP contribution in [0, 0.1) is 0 Å². The molecule has 1 heterocycles. The van der Waals surface area contributed by atoms with Crippen molar-refractivity contribution in [3.8, 4) is 0 Å². The lowest BCUT2D eigenvalue weighted by molar-refractivity contribution is 1.17. The molecule has 0 amide bonds. The monoisotopic (exact) mass is 243 g/mol. The molecule has 0 radical (unpaired) electrons. The van der Waals surface area contributed by atoms with E-state index < -0.39 is 0 Å². The molecule has 0 unspecified atom stereocenters. The number of nitrogens with one attached hydrogen (secondary N) is 1. The highest BCUT2D eigenvalue weighted by Gasteiger charge is 2.00. The Morgan fingerprint density at radius 1 is 1.60 bits per heavy atom. The lowest BCUT2D eigenvalue weighted by atomic mass is 10.4. The third-order valence-corrected chi connectivity index (χ3v) is 2.84. The van der Waals surface area contributed by atoms with E-state index >= 15 is 0 Å². The zero-order valence-corrected chi connectivity index (χ0v) is 9.94. The predicted octanol–water partition coefficient (Wildman–Crippen LogP) is 2.65. The molecule has 5 heteroatoms. The van der Waals surface area contributed by atoms with E-state index in [-0.39, 0.29) is 0 Å². The second kappa shape index (κ2) is 6.58. The summed E-state index contributed by atoms with van der Waals surface area (Å²) in [4.78, 5) is 4.09. The highest BCUT2D eigenvalue weighted by atomic mass is 35.5. The number of thioether (sulfide) groups is 1. The normalized spacial score (nSPS) is 9.93. The first-order chi connectivity index (χ1) is 7.24. The molecule has 0 bridgehead atoms. The summed E-state index contributed by atoms with van der Waals surface area (Å²) in [6, 6.07) is 3.42. The van der Waals surface area contributed by atoms with Crippen LogP contribution in [0.5, 0.6) is 0 Å². The summed E-state index contributed by atoms with van der Waals surface area (Å²) in [7, 11) is 0. The van der Waals surface area contributed by atoms with Gasteiger partial charge in [0.05, 0.1) is 5.69 Å². The lowest BCUT2D eigenvalue weighted by Gasteiger charge is -2.07.